The molecule has 1 aromatic heterocycles. The van der Waals surface area contributed by atoms with Crippen LogP contribution >= 0.6 is 0 Å². The number of hydrogen-bond acceptors (Lipinski definition) is 3. The van der Waals surface area contributed by atoms with Crippen molar-refractivity contribution in [2.24, 2.45) is 0 Å². The zero-order valence-corrected chi connectivity index (χ0v) is 9.39. The summed E-state index contributed by atoms with van der Waals surface area (Å²) < 4.78 is 13.0. The van der Waals surface area contributed by atoms with Crippen molar-refractivity contribution in [3.05, 3.63) is 59.0 Å². The Morgan fingerprint density at radius 3 is 2.71 bits per heavy atom. The molecule has 0 bridgehead atoms. The SMILES string of the molecule is Cc1cc(F)ccc1C(O)c1cccnc1N. The Morgan fingerprint density at radius 1 is 1.29 bits per heavy atom. The second-order valence-electron chi connectivity index (χ2n) is 3.88. The highest BCUT2D eigenvalue weighted by atomic mass is 19.1. The second-order valence-corrected chi connectivity index (χ2v) is 3.88. The number of aliphatic hydroxyl groups excluding tert-OH is 1. The third-order valence-electron chi connectivity index (χ3n) is 2.69. The van der Waals surface area contributed by atoms with Crippen molar-refractivity contribution in [3.63, 3.8) is 0 Å². The lowest BCUT2D eigenvalue weighted by Crippen LogP contribution is -2.06. The molecule has 0 amide bonds. The molecule has 3 nitrogen and oxygen atoms in total. The van der Waals surface area contributed by atoms with E-state index in [9.17, 15) is 9.50 Å². The second kappa shape index (κ2) is 4.51. The van der Waals surface area contributed by atoms with Gasteiger partial charge in [-0.05, 0) is 36.2 Å². The molecule has 0 spiro atoms. The van der Waals surface area contributed by atoms with Gasteiger partial charge in [0.15, 0.2) is 0 Å². The summed E-state index contributed by atoms with van der Waals surface area (Å²) in [4.78, 5) is 3.92. The van der Waals surface area contributed by atoms with E-state index < -0.39 is 6.10 Å². The number of hydrogen-bond donors (Lipinski definition) is 2. The van der Waals surface area contributed by atoms with Crippen LogP contribution in [0, 0.1) is 12.7 Å². The number of halogens is 1. The van der Waals surface area contributed by atoms with Crippen molar-refractivity contribution < 1.29 is 9.50 Å². The molecule has 0 aliphatic rings. The summed E-state index contributed by atoms with van der Waals surface area (Å²) in [5.41, 5.74) is 7.54. The first-order chi connectivity index (χ1) is 8.09. The van der Waals surface area contributed by atoms with Gasteiger partial charge in [0.2, 0.25) is 0 Å². The monoisotopic (exact) mass is 232 g/mol. The third-order valence-corrected chi connectivity index (χ3v) is 2.69. The fraction of sp³-hybridized carbons (Fsp3) is 0.154. The van der Waals surface area contributed by atoms with E-state index in [2.05, 4.69) is 4.98 Å². The normalized spacial score (nSPS) is 12.4. The molecule has 1 heterocycles. The fourth-order valence-electron chi connectivity index (χ4n) is 1.77. The van der Waals surface area contributed by atoms with Gasteiger partial charge in [-0.3, -0.25) is 0 Å². The lowest BCUT2D eigenvalue weighted by Gasteiger charge is -2.15. The molecule has 0 aliphatic carbocycles. The number of pyridine rings is 1. The Hall–Kier alpha value is -1.94. The van der Waals surface area contributed by atoms with E-state index >= 15 is 0 Å². The van der Waals surface area contributed by atoms with Gasteiger partial charge in [0.1, 0.15) is 17.7 Å². The van der Waals surface area contributed by atoms with Crippen LogP contribution < -0.4 is 5.73 Å². The number of nitrogens with zero attached hydrogens (tertiary/aromatic N) is 1. The van der Waals surface area contributed by atoms with Crippen LogP contribution in [-0.4, -0.2) is 10.1 Å². The lowest BCUT2D eigenvalue weighted by molar-refractivity contribution is 0.220. The molecule has 0 aliphatic heterocycles. The van der Waals surface area contributed by atoms with Gasteiger partial charge in [0.25, 0.3) is 0 Å². The number of rotatable bonds is 2. The maximum Gasteiger partial charge on any atom is 0.129 e. The van der Waals surface area contributed by atoms with Crippen LogP contribution in [0.3, 0.4) is 0 Å². The molecule has 88 valence electrons. The van der Waals surface area contributed by atoms with Crippen LogP contribution in [0.25, 0.3) is 0 Å². The molecule has 3 N–H and O–H groups in total. The maximum atomic E-state index is 13.0. The smallest absolute Gasteiger partial charge is 0.129 e. The number of aromatic nitrogens is 1. The van der Waals surface area contributed by atoms with Crippen molar-refractivity contribution in [2.45, 2.75) is 13.0 Å². The molecule has 1 atom stereocenters. The molecule has 4 heteroatoms. The molecular formula is C13H13FN2O. The van der Waals surface area contributed by atoms with E-state index in [-0.39, 0.29) is 11.6 Å². The van der Waals surface area contributed by atoms with Gasteiger partial charge < -0.3 is 10.8 Å². The zero-order chi connectivity index (χ0) is 12.4. The molecule has 2 rings (SSSR count). The Morgan fingerprint density at radius 2 is 2.06 bits per heavy atom. The Bertz CT molecular complexity index is 543. The van der Waals surface area contributed by atoms with Gasteiger partial charge in [0.05, 0.1) is 0 Å². The number of nitrogen functional groups attached to an aromatic ring is 1. The van der Waals surface area contributed by atoms with Crippen molar-refractivity contribution in [1.82, 2.24) is 4.98 Å². The fourth-order valence-corrected chi connectivity index (χ4v) is 1.77. The van der Waals surface area contributed by atoms with E-state index in [0.29, 0.717) is 16.7 Å². The van der Waals surface area contributed by atoms with Gasteiger partial charge in [-0.25, -0.2) is 9.37 Å². The summed E-state index contributed by atoms with van der Waals surface area (Å²) in [6.07, 6.45) is 0.674. The summed E-state index contributed by atoms with van der Waals surface area (Å²) >= 11 is 0. The molecule has 0 fully saturated rings. The third kappa shape index (κ3) is 2.26. The van der Waals surface area contributed by atoms with Crippen LogP contribution in [0.4, 0.5) is 10.2 Å². The van der Waals surface area contributed by atoms with Gasteiger partial charge in [-0.2, -0.15) is 0 Å². The minimum Gasteiger partial charge on any atom is -0.384 e. The molecule has 0 saturated carbocycles. The standard InChI is InChI=1S/C13H13FN2O/c1-8-7-9(14)4-5-10(8)12(17)11-3-2-6-16-13(11)15/h2-7,12,17H,1H3,(H2,15,16). The Balaban J connectivity index is 2.44. The van der Waals surface area contributed by atoms with Crippen LogP contribution in [0.5, 0.6) is 0 Å². The average molecular weight is 232 g/mol. The van der Waals surface area contributed by atoms with Crippen molar-refractivity contribution in [3.8, 4) is 0 Å². The molecular weight excluding hydrogens is 219 g/mol. The highest BCUT2D eigenvalue weighted by Crippen LogP contribution is 2.27. The zero-order valence-electron chi connectivity index (χ0n) is 9.39. The maximum absolute atomic E-state index is 13.0. The van der Waals surface area contributed by atoms with Crippen molar-refractivity contribution in [1.29, 1.82) is 0 Å². The summed E-state index contributed by atoms with van der Waals surface area (Å²) in [5, 5.41) is 10.2. The predicted molar refractivity (Wildman–Crippen MR) is 63.8 cm³/mol. The van der Waals surface area contributed by atoms with Crippen LogP contribution in [-0.2, 0) is 0 Å². The van der Waals surface area contributed by atoms with E-state index in [0.717, 1.165) is 0 Å². The summed E-state index contributed by atoms with van der Waals surface area (Å²) in [5.74, 6) is -0.0404. The largest absolute Gasteiger partial charge is 0.384 e. The molecule has 1 unspecified atom stereocenters. The topological polar surface area (TPSA) is 59.1 Å². The van der Waals surface area contributed by atoms with Gasteiger partial charge in [-0.15, -0.1) is 0 Å². The van der Waals surface area contributed by atoms with E-state index in [1.807, 2.05) is 0 Å². The molecule has 1 aromatic carbocycles. The highest BCUT2D eigenvalue weighted by Gasteiger charge is 2.16. The van der Waals surface area contributed by atoms with Gasteiger partial charge in [-0.1, -0.05) is 12.1 Å². The predicted octanol–water partition coefficient (Wildman–Crippen LogP) is 2.19. The van der Waals surface area contributed by atoms with Crippen LogP contribution in [0.1, 0.15) is 22.8 Å². The number of anilines is 1. The van der Waals surface area contributed by atoms with Gasteiger partial charge in [0, 0.05) is 11.8 Å². The van der Waals surface area contributed by atoms with Crippen molar-refractivity contribution >= 4 is 5.82 Å². The summed E-state index contributed by atoms with van der Waals surface area (Å²) in [6, 6.07) is 7.66. The van der Waals surface area contributed by atoms with E-state index in [1.54, 1.807) is 31.3 Å². The van der Waals surface area contributed by atoms with Crippen LogP contribution in [0.15, 0.2) is 36.5 Å². The number of aliphatic hydroxyl groups is 1. The number of aryl methyl sites for hydroxylation is 1. The first-order valence-corrected chi connectivity index (χ1v) is 5.24. The number of nitrogens with two attached hydrogens (primary N) is 1. The molecule has 17 heavy (non-hydrogen) atoms. The number of benzene rings is 1. The quantitative estimate of drug-likeness (QED) is 0.834. The lowest BCUT2D eigenvalue weighted by atomic mass is 9.98. The first-order valence-electron chi connectivity index (χ1n) is 5.24. The molecule has 2 aromatic rings. The summed E-state index contributed by atoms with van der Waals surface area (Å²) in [6.45, 7) is 1.74. The van der Waals surface area contributed by atoms with Crippen molar-refractivity contribution in [2.75, 3.05) is 5.73 Å². The Kier molecular flexibility index (Phi) is 3.06. The average Bonchev–Trinajstić information content (AvgIpc) is 2.29. The Labute approximate surface area is 98.7 Å². The first kappa shape index (κ1) is 11.5. The van der Waals surface area contributed by atoms with Gasteiger partial charge >= 0.3 is 0 Å². The minimum atomic E-state index is -0.885. The van der Waals surface area contributed by atoms with Crippen LogP contribution in [0.2, 0.25) is 0 Å². The molecule has 0 saturated heterocycles. The minimum absolute atomic E-state index is 0.281. The van der Waals surface area contributed by atoms with E-state index in [4.69, 9.17) is 5.73 Å². The molecule has 0 radical (unpaired) electrons. The summed E-state index contributed by atoms with van der Waals surface area (Å²) in [7, 11) is 0. The van der Waals surface area contributed by atoms with E-state index in [1.165, 1.54) is 12.1 Å². The highest BCUT2D eigenvalue weighted by molar-refractivity contribution is 5.45.